The Morgan fingerprint density at radius 1 is 1.07 bits per heavy atom. The number of carbonyl (C=O) groups excluding carboxylic acids is 1. The molecule has 0 radical (unpaired) electrons. The van der Waals surface area contributed by atoms with Crippen molar-refractivity contribution in [2.75, 3.05) is 25.0 Å². The number of pyridine rings is 1. The standard InChI is InChI=1S/C21H27N5O2/c27-19(7-2-1-3-9-22-21-23-10-5-11-24-21)25-13-16-12-17(15-25)18-6-4-8-20(28)26(18)14-16/h4-6,8,10-11,16-17H,1-3,7,9,12-15H2,(H,22,23,24)/t16-,17+/m1/s1. The molecule has 2 aliphatic rings. The highest BCUT2D eigenvalue weighted by atomic mass is 16.2. The van der Waals surface area contributed by atoms with E-state index in [1.165, 1.54) is 0 Å². The number of carbonyl (C=O) groups is 1. The quantitative estimate of drug-likeness (QED) is 0.744. The number of likely N-dealkylation sites (tertiary alicyclic amines) is 1. The van der Waals surface area contributed by atoms with Crippen LogP contribution in [0.15, 0.2) is 41.5 Å². The molecule has 0 unspecified atom stereocenters. The summed E-state index contributed by atoms with van der Waals surface area (Å²) in [6.45, 7) is 3.08. The van der Waals surface area contributed by atoms with Gasteiger partial charge >= 0.3 is 0 Å². The van der Waals surface area contributed by atoms with E-state index in [1.807, 2.05) is 21.6 Å². The zero-order chi connectivity index (χ0) is 19.3. The molecule has 2 bridgehead atoms. The molecule has 7 nitrogen and oxygen atoms in total. The molecule has 1 fully saturated rings. The Hall–Kier alpha value is -2.70. The summed E-state index contributed by atoms with van der Waals surface area (Å²) in [6.07, 6.45) is 8.02. The van der Waals surface area contributed by atoms with Crippen LogP contribution in [0.25, 0.3) is 0 Å². The predicted octanol–water partition coefficient (Wildman–Crippen LogP) is 2.26. The zero-order valence-corrected chi connectivity index (χ0v) is 16.1. The van der Waals surface area contributed by atoms with Crippen molar-refractivity contribution >= 4 is 11.9 Å². The third-order valence-electron chi connectivity index (χ3n) is 5.75. The third-order valence-corrected chi connectivity index (χ3v) is 5.75. The van der Waals surface area contributed by atoms with Gasteiger partial charge in [0.15, 0.2) is 0 Å². The summed E-state index contributed by atoms with van der Waals surface area (Å²) in [6, 6.07) is 7.30. The third kappa shape index (κ3) is 4.24. The van der Waals surface area contributed by atoms with Gasteiger partial charge in [0.25, 0.3) is 5.56 Å². The van der Waals surface area contributed by atoms with Crippen molar-refractivity contribution in [3.05, 3.63) is 52.7 Å². The summed E-state index contributed by atoms with van der Waals surface area (Å²) in [5.41, 5.74) is 1.18. The number of rotatable bonds is 7. The second-order valence-electron chi connectivity index (χ2n) is 7.81. The maximum absolute atomic E-state index is 12.7. The molecule has 0 aromatic carbocycles. The fourth-order valence-corrected chi connectivity index (χ4v) is 4.43. The van der Waals surface area contributed by atoms with Gasteiger partial charge in [-0.1, -0.05) is 12.5 Å². The lowest BCUT2D eigenvalue weighted by Crippen LogP contribution is -2.49. The number of aromatic nitrogens is 3. The highest BCUT2D eigenvalue weighted by Crippen LogP contribution is 2.35. The summed E-state index contributed by atoms with van der Waals surface area (Å²) >= 11 is 0. The van der Waals surface area contributed by atoms with Crippen LogP contribution in [0.4, 0.5) is 5.95 Å². The monoisotopic (exact) mass is 381 g/mol. The van der Waals surface area contributed by atoms with Crippen molar-refractivity contribution in [3.63, 3.8) is 0 Å². The number of anilines is 1. The molecule has 2 aromatic heterocycles. The lowest BCUT2D eigenvalue weighted by atomic mass is 9.83. The van der Waals surface area contributed by atoms with Gasteiger partial charge < -0.3 is 14.8 Å². The molecular weight excluding hydrogens is 354 g/mol. The van der Waals surface area contributed by atoms with E-state index in [0.717, 1.165) is 57.6 Å². The molecule has 0 saturated carbocycles. The van der Waals surface area contributed by atoms with Crippen molar-refractivity contribution < 1.29 is 4.79 Å². The summed E-state index contributed by atoms with van der Waals surface area (Å²) < 4.78 is 1.91. The van der Waals surface area contributed by atoms with Crippen LogP contribution in [0.3, 0.4) is 0 Å². The molecule has 148 valence electrons. The van der Waals surface area contributed by atoms with E-state index in [9.17, 15) is 9.59 Å². The van der Waals surface area contributed by atoms with Crippen LogP contribution in [0.1, 0.15) is 43.7 Å². The van der Waals surface area contributed by atoms with E-state index in [2.05, 4.69) is 15.3 Å². The Kier molecular flexibility index (Phi) is 5.69. The summed E-state index contributed by atoms with van der Waals surface area (Å²) in [5.74, 6) is 1.59. The first-order valence-electron chi connectivity index (χ1n) is 10.2. The summed E-state index contributed by atoms with van der Waals surface area (Å²) in [4.78, 5) is 35.1. The van der Waals surface area contributed by atoms with Crippen LogP contribution in [-0.4, -0.2) is 45.0 Å². The van der Waals surface area contributed by atoms with E-state index in [1.54, 1.807) is 24.5 Å². The Balaban J connectivity index is 1.21. The van der Waals surface area contributed by atoms with Crippen LogP contribution in [0.5, 0.6) is 0 Å². The molecule has 0 aliphatic carbocycles. The van der Waals surface area contributed by atoms with Gasteiger partial charge in [-0.15, -0.1) is 0 Å². The Morgan fingerprint density at radius 3 is 2.79 bits per heavy atom. The number of nitrogens with zero attached hydrogens (tertiary/aromatic N) is 4. The predicted molar refractivity (Wildman–Crippen MR) is 107 cm³/mol. The van der Waals surface area contributed by atoms with Crippen molar-refractivity contribution in [1.29, 1.82) is 0 Å². The van der Waals surface area contributed by atoms with Gasteiger partial charge in [0.2, 0.25) is 11.9 Å². The highest BCUT2D eigenvalue weighted by molar-refractivity contribution is 5.76. The van der Waals surface area contributed by atoms with Crippen LogP contribution in [0.2, 0.25) is 0 Å². The minimum atomic E-state index is 0.0847. The number of fused-ring (bicyclic) bond motifs is 4. The Labute approximate surface area is 164 Å². The average molecular weight is 381 g/mol. The molecule has 1 saturated heterocycles. The number of unbranched alkanes of at least 4 members (excludes halogenated alkanes) is 2. The molecule has 1 amide bonds. The van der Waals surface area contributed by atoms with E-state index < -0.39 is 0 Å². The maximum Gasteiger partial charge on any atom is 0.250 e. The van der Waals surface area contributed by atoms with Gasteiger partial charge in [-0.2, -0.15) is 0 Å². The van der Waals surface area contributed by atoms with Crippen molar-refractivity contribution in [2.45, 2.75) is 44.6 Å². The maximum atomic E-state index is 12.7. The molecule has 28 heavy (non-hydrogen) atoms. The van der Waals surface area contributed by atoms with Gasteiger partial charge in [-0.3, -0.25) is 9.59 Å². The molecule has 0 spiro atoms. The smallest absolute Gasteiger partial charge is 0.250 e. The molecule has 2 atom stereocenters. The topological polar surface area (TPSA) is 80.1 Å². The first-order valence-corrected chi connectivity index (χ1v) is 10.2. The van der Waals surface area contributed by atoms with Crippen LogP contribution >= 0.6 is 0 Å². The number of piperidine rings is 1. The van der Waals surface area contributed by atoms with Crippen molar-refractivity contribution in [2.24, 2.45) is 5.92 Å². The number of amides is 1. The van der Waals surface area contributed by atoms with E-state index >= 15 is 0 Å². The first kappa shape index (κ1) is 18.7. The molecule has 7 heteroatoms. The van der Waals surface area contributed by atoms with Crippen LogP contribution in [0, 0.1) is 5.92 Å². The lowest BCUT2D eigenvalue weighted by Gasteiger charge is -2.42. The normalized spacial score (nSPS) is 20.5. The number of hydrogen-bond donors (Lipinski definition) is 1. The van der Waals surface area contributed by atoms with Gasteiger partial charge in [0.1, 0.15) is 0 Å². The Morgan fingerprint density at radius 2 is 1.93 bits per heavy atom. The van der Waals surface area contributed by atoms with Gasteiger partial charge in [-0.05, 0) is 37.3 Å². The van der Waals surface area contributed by atoms with Gasteiger partial charge in [-0.25, -0.2) is 9.97 Å². The fourth-order valence-electron chi connectivity index (χ4n) is 4.43. The Bertz CT molecular complexity index is 867. The average Bonchev–Trinajstić information content (AvgIpc) is 2.72. The van der Waals surface area contributed by atoms with E-state index in [4.69, 9.17) is 0 Å². The molecule has 2 aromatic rings. The van der Waals surface area contributed by atoms with Crippen molar-refractivity contribution in [1.82, 2.24) is 19.4 Å². The summed E-state index contributed by atoms with van der Waals surface area (Å²) in [7, 11) is 0. The summed E-state index contributed by atoms with van der Waals surface area (Å²) in [5, 5.41) is 3.19. The van der Waals surface area contributed by atoms with Crippen LogP contribution < -0.4 is 10.9 Å². The lowest BCUT2D eigenvalue weighted by molar-refractivity contribution is -0.134. The molecule has 1 N–H and O–H groups in total. The minimum Gasteiger partial charge on any atom is -0.354 e. The van der Waals surface area contributed by atoms with Crippen LogP contribution in [-0.2, 0) is 11.3 Å². The fraction of sp³-hybridized carbons (Fsp3) is 0.524. The van der Waals surface area contributed by atoms with E-state index in [-0.39, 0.29) is 11.5 Å². The molecule has 4 heterocycles. The SMILES string of the molecule is O=C(CCCCCNc1ncccn1)N1C[C@H]2C[C@@H](C1)c1cccc(=O)n1C2. The minimum absolute atomic E-state index is 0.0847. The van der Waals surface area contributed by atoms with E-state index in [0.29, 0.717) is 24.2 Å². The molecular formula is C21H27N5O2. The largest absolute Gasteiger partial charge is 0.354 e. The highest BCUT2D eigenvalue weighted by Gasteiger charge is 2.35. The molecule has 2 aliphatic heterocycles. The second kappa shape index (κ2) is 8.54. The second-order valence-corrected chi connectivity index (χ2v) is 7.81. The first-order chi connectivity index (χ1) is 13.7. The van der Waals surface area contributed by atoms with Gasteiger partial charge in [0.05, 0.1) is 0 Å². The van der Waals surface area contributed by atoms with Gasteiger partial charge in [0, 0.05) is 62.7 Å². The van der Waals surface area contributed by atoms with Crippen molar-refractivity contribution in [3.8, 4) is 0 Å². The number of hydrogen-bond acceptors (Lipinski definition) is 5. The molecule has 4 rings (SSSR count). The number of nitrogens with one attached hydrogen (secondary N) is 1. The zero-order valence-electron chi connectivity index (χ0n) is 16.1.